The van der Waals surface area contributed by atoms with E-state index in [1.165, 1.54) is 18.2 Å². The van der Waals surface area contributed by atoms with Gasteiger partial charge in [-0.25, -0.2) is 0 Å². The highest BCUT2D eigenvalue weighted by molar-refractivity contribution is 6.35. The number of benzene rings is 1. The van der Waals surface area contributed by atoms with Gasteiger partial charge in [-0.05, 0) is 18.4 Å². The van der Waals surface area contributed by atoms with Crippen LogP contribution in [0.2, 0.25) is 5.02 Å². The lowest BCUT2D eigenvalue weighted by molar-refractivity contribution is -0.384. The molecule has 0 N–H and O–H groups in total. The normalized spacial score (nSPS) is 18.6. The molecule has 0 radical (unpaired) electrons. The first-order valence-corrected chi connectivity index (χ1v) is 6.64. The Kier molecular flexibility index (Phi) is 4.04. The Hall–Kier alpha value is -1.62. The molecule has 0 saturated carbocycles. The summed E-state index contributed by atoms with van der Waals surface area (Å²) in [5.74, 6) is 0.297. The van der Waals surface area contributed by atoms with Crippen LogP contribution in [-0.4, -0.2) is 28.8 Å². The molecule has 1 unspecified atom stereocenters. The van der Waals surface area contributed by atoms with Crippen molar-refractivity contribution in [2.75, 3.05) is 13.1 Å². The third-order valence-electron chi connectivity index (χ3n) is 3.56. The Balaban J connectivity index is 2.25. The maximum absolute atomic E-state index is 12.3. The molecule has 1 heterocycles. The number of nitrogens with zero attached hydrogens (tertiary/aromatic N) is 2. The molecule has 2 rings (SSSR count). The Morgan fingerprint density at radius 3 is 2.89 bits per heavy atom. The molecular weight excluding hydrogens is 268 g/mol. The molecule has 0 aromatic heterocycles. The average molecular weight is 283 g/mol. The second-order valence-corrected chi connectivity index (χ2v) is 5.09. The van der Waals surface area contributed by atoms with Crippen LogP contribution in [0.1, 0.15) is 30.1 Å². The van der Waals surface area contributed by atoms with E-state index in [1.54, 1.807) is 4.90 Å². The summed E-state index contributed by atoms with van der Waals surface area (Å²) in [6.07, 6.45) is 2.02. The number of amides is 1. The zero-order valence-corrected chi connectivity index (χ0v) is 11.4. The summed E-state index contributed by atoms with van der Waals surface area (Å²) in [5, 5.41) is 10.7. The fourth-order valence-electron chi connectivity index (χ4n) is 2.35. The van der Waals surface area contributed by atoms with Crippen molar-refractivity contribution in [3.8, 4) is 0 Å². The highest BCUT2D eigenvalue weighted by atomic mass is 35.5. The fourth-order valence-corrected chi connectivity index (χ4v) is 2.62. The van der Waals surface area contributed by atoms with Gasteiger partial charge in [-0.15, -0.1) is 0 Å². The van der Waals surface area contributed by atoms with Crippen molar-refractivity contribution in [1.82, 2.24) is 4.90 Å². The Labute approximate surface area is 116 Å². The van der Waals surface area contributed by atoms with Crippen molar-refractivity contribution in [3.05, 3.63) is 38.9 Å². The van der Waals surface area contributed by atoms with Gasteiger partial charge in [-0.1, -0.05) is 31.0 Å². The molecule has 1 aromatic rings. The number of carbonyl (C=O) groups is 1. The number of carbonyl (C=O) groups excluding carboxylic acids is 1. The lowest BCUT2D eigenvalue weighted by atomic mass is 10.1. The summed E-state index contributed by atoms with van der Waals surface area (Å²) < 4.78 is 0. The maximum atomic E-state index is 12.3. The molecule has 0 spiro atoms. The first kappa shape index (κ1) is 13.8. The first-order valence-electron chi connectivity index (χ1n) is 6.26. The predicted molar refractivity (Wildman–Crippen MR) is 72.4 cm³/mol. The summed E-state index contributed by atoms with van der Waals surface area (Å²) in [4.78, 5) is 24.3. The van der Waals surface area contributed by atoms with Crippen molar-refractivity contribution in [3.63, 3.8) is 0 Å². The molecule has 1 aliphatic heterocycles. The number of nitro groups is 1. The molecule has 1 atom stereocenters. The number of nitro benzene ring substituents is 1. The van der Waals surface area contributed by atoms with Gasteiger partial charge in [0.1, 0.15) is 5.02 Å². The van der Waals surface area contributed by atoms with Crippen LogP contribution in [0, 0.1) is 16.0 Å². The van der Waals surface area contributed by atoms with E-state index in [4.69, 9.17) is 11.6 Å². The zero-order valence-electron chi connectivity index (χ0n) is 10.6. The van der Waals surface area contributed by atoms with Gasteiger partial charge in [0.25, 0.3) is 11.6 Å². The number of rotatable bonds is 3. The van der Waals surface area contributed by atoms with Crippen molar-refractivity contribution in [2.45, 2.75) is 19.8 Å². The molecule has 6 heteroatoms. The maximum Gasteiger partial charge on any atom is 0.288 e. The van der Waals surface area contributed by atoms with Crippen LogP contribution in [0.5, 0.6) is 0 Å². The molecule has 5 nitrogen and oxygen atoms in total. The molecule has 19 heavy (non-hydrogen) atoms. The summed E-state index contributed by atoms with van der Waals surface area (Å²) >= 11 is 5.96. The number of halogens is 1. The average Bonchev–Trinajstić information content (AvgIpc) is 2.86. The van der Waals surface area contributed by atoms with Gasteiger partial charge < -0.3 is 4.90 Å². The highest BCUT2D eigenvalue weighted by Gasteiger charge is 2.28. The van der Waals surface area contributed by atoms with Crippen molar-refractivity contribution in [2.24, 2.45) is 5.92 Å². The molecule has 0 aliphatic carbocycles. The lowest BCUT2D eigenvalue weighted by Gasteiger charge is -2.17. The van der Waals surface area contributed by atoms with E-state index in [0.717, 1.165) is 12.8 Å². The monoisotopic (exact) mass is 282 g/mol. The first-order chi connectivity index (χ1) is 9.04. The Morgan fingerprint density at radius 1 is 1.58 bits per heavy atom. The minimum absolute atomic E-state index is 0.0718. The summed E-state index contributed by atoms with van der Waals surface area (Å²) in [7, 11) is 0. The summed E-state index contributed by atoms with van der Waals surface area (Å²) in [5.41, 5.74) is -0.00799. The quantitative estimate of drug-likeness (QED) is 0.632. The van der Waals surface area contributed by atoms with E-state index in [9.17, 15) is 14.9 Å². The van der Waals surface area contributed by atoms with Crippen LogP contribution in [-0.2, 0) is 0 Å². The highest BCUT2D eigenvalue weighted by Crippen LogP contribution is 2.30. The molecule has 0 bridgehead atoms. The van der Waals surface area contributed by atoms with Crippen LogP contribution in [0.25, 0.3) is 0 Å². The van der Waals surface area contributed by atoms with Crippen LogP contribution in [0.4, 0.5) is 5.69 Å². The van der Waals surface area contributed by atoms with Gasteiger partial charge in [0.15, 0.2) is 0 Å². The van der Waals surface area contributed by atoms with E-state index >= 15 is 0 Å². The van der Waals surface area contributed by atoms with Crippen molar-refractivity contribution < 1.29 is 9.72 Å². The zero-order chi connectivity index (χ0) is 14.0. The van der Waals surface area contributed by atoms with Crippen molar-refractivity contribution in [1.29, 1.82) is 0 Å². The number of hydrogen-bond acceptors (Lipinski definition) is 3. The Morgan fingerprint density at radius 2 is 2.32 bits per heavy atom. The van der Waals surface area contributed by atoms with E-state index in [1.807, 2.05) is 0 Å². The van der Waals surface area contributed by atoms with E-state index in [2.05, 4.69) is 6.92 Å². The van der Waals surface area contributed by atoms with Gasteiger partial charge in [0.05, 0.1) is 10.5 Å². The SMILES string of the molecule is CCC1CCN(C(=O)c2cccc([N+](=O)[O-])c2Cl)C1. The lowest BCUT2D eigenvalue weighted by Crippen LogP contribution is -2.29. The molecule has 102 valence electrons. The van der Waals surface area contributed by atoms with Gasteiger partial charge in [-0.2, -0.15) is 0 Å². The number of hydrogen-bond donors (Lipinski definition) is 0. The van der Waals surface area contributed by atoms with Crippen LogP contribution < -0.4 is 0 Å². The molecule has 1 saturated heterocycles. The second kappa shape index (κ2) is 5.57. The van der Waals surface area contributed by atoms with Crippen LogP contribution in [0.3, 0.4) is 0 Å². The number of likely N-dealkylation sites (tertiary alicyclic amines) is 1. The van der Waals surface area contributed by atoms with Gasteiger partial charge in [-0.3, -0.25) is 14.9 Å². The van der Waals surface area contributed by atoms with Gasteiger partial charge in [0.2, 0.25) is 0 Å². The molecular formula is C13H15ClN2O3. The fraction of sp³-hybridized carbons (Fsp3) is 0.462. The third kappa shape index (κ3) is 2.71. The predicted octanol–water partition coefficient (Wildman–Crippen LogP) is 3.12. The van der Waals surface area contributed by atoms with Gasteiger partial charge >= 0.3 is 0 Å². The van der Waals surface area contributed by atoms with Crippen LogP contribution in [0.15, 0.2) is 18.2 Å². The molecule has 1 amide bonds. The van der Waals surface area contributed by atoms with E-state index < -0.39 is 4.92 Å². The van der Waals surface area contributed by atoms with E-state index in [-0.39, 0.29) is 22.2 Å². The topological polar surface area (TPSA) is 63.5 Å². The standard InChI is InChI=1S/C13H15ClN2O3/c1-2-9-6-7-15(8-9)13(17)10-4-3-5-11(12(10)14)16(18)19/h3-5,9H,2,6-8H2,1H3. The second-order valence-electron chi connectivity index (χ2n) is 4.71. The van der Waals surface area contributed by atoms with Gasteiger partial charge in [0, 0.05) is 19.2 Å². The molecule has 1 fully saturated rings. The summed E-state index contributed by atoms with van der Waals surface area (Å²) in [6.45, 7) is 3.49. The van der Waals surface area contributed by atoms with Crippen LogP contribution >= 0.6 is 11.6 Å². The molecule has 1 aromatic carbocycles. The van der Waals surface area contributed by atoms with E-state index in [0.29, 0.717) is 19.0 Å². The smallest absolute Gasteiger partial charge is 0.288 e. The minimum Gasteiger partial charge on any atom is -0.338 e. The summed E-state index contributed by atoms with van der Waals surface area (Å²) in [6, 6.07) is 4.33. The third-order valence-corrected chi connectivity index (χ3v) is 3.95. The van der Waals surface area contributed by atoms with Crippen molar-refractivity contribution >= 4 is 23.2 Å². The Bertz CT molecular complexity index is 519. The minimum atomic E-state index is -0.571. The molecule has 1 aliphatic rings. The largest absolute Gasteiger partial charge is 0.338 e.